The number of rotatable bonds is 3. The number of nitrogens with one attached hydrogen (secondary N) is 1. The summed E-state index contributed by atoms with van der Waals surface area (Å²) in [6.07, 6.45) is 2.33. The summed E-state index contributed by atoms with van der Waals surface area (Å²) in [4.78, 5) is 23.8. The van der Waals surface area contributed by atoms with E-state index in [4.69, 9.17) is 15.3 Å². The molecule has 0 aliphatic heterocycles. The van der Waals surface area contributed by atoms with Crippen LogP contribution in [0.5, 0.6) is 0 Å². The summed E-state index contributed by atoms with van der Waals surface area (Å²) in [7, 11) is 0. The highest BCUT2D eigenvalue weighted by Crippen LogP contribution is 2.17. The third-order valence-corrected chi connectivity index (χ3v) is 2.28. The number of aromatic amines is 1. The average molecular weight is 234 g/mol. The van der Waals surface area contributed by atoms with Crippen molar-refractivity contribution in [3.8, 4) is 0 Å². The summed E-state index contributed by atoms with van der Waals surface area (Å²) in [5.74, 6) is -1.60. The molecule has 2 aromatic rings. The zero-order valence-electron chi connectivity index (χ0n) is 8.71. The van der Waals surface area contributed by atoms with Crippen LogP contribution in [0.4, 0.5) is 0 Å². The number of hydrogen-bond donors (Lipinski definition) is 3. The Bertz CT molecular complexity index is 638. The van der Waals surface area contributed by atoms with Crippen molar-refractivity contribution in [3.63, 3.8) is 0 Å². The van der Waals surface area contributed by atoms with E-state index in [-0.39, 0.29) is 0 Å². The topological polar surface area (TPSA) is 109 Å². The zero-order valence-corrected chi connectivity index (χ0v) is 8.71. The number of carboxylic acids is 1. The minimum absolute atomic E-state index is 0.395. The molecule has 4 N–H and O–H groups in total. The van der Waals surface area contributed by atoms with Crippen LogP contribution in [0.3, 0.4) is 0 Å². The molecule has 0 saturated carbocycles. The number of nitrogens with two attached hydrogens (primary N) is 1. The van der Waals surface area contributed by atoms with Crippen LogP contribution in [0, 0.1) is 0 Å². The Morgan fingerprint density at radius 3 is 3.00 bits per heavy atom. The van der Waals surface area contributed by atoms with Crippen LogP contribution < -0.4 is 11.5 Å². The van der Waals surface area contributed by atoms with Gasteiger partial charge >= 0.3 is 11.7 Å². The molecule has 0 radical (unpaired) electrons. The van der Waals surface area contributed by atoms with E-state index in [2.05, 4.69) is 4.98 Å². The van der Waals surface area contributed by atoms with Crippen molar-refractivity contribution in [2.75, 3.05) is 0 Å². The quantitative estimate of drug-likeness (QED) is 0.679. The fourth-order valence-corrected chi connectivity index (χ4v) is 1.47. The van der Waals surface area contributed by atoms with E-state index < -0.39 is 17.8 Å². The molecular formula is C11H10N2O4. The van der Waals surface area contributed by atoms with E-state index in [9.17, 15) is 9.59 Å². The standard InChI is InChI=1S/C11H10N2O4/c12-7(2-4-10(14)15)6-1-3-8-9(5-6)17-11(16)13-8/h1-5,7H,12H2,(H,13,16)(H,14,15)/b4-2+. The molecule has 6 nitrogen and oxygen atoms in total. The molecule has 1 unspecified atom stereocenters. The van der Waals surface area contributed by atoms with Crippen molar-refractivity contribution < 1.29 is 14.3 Å². The lowest BCUT2D eigenvalue weighted by Gasteiger charge is -2.05. The van der Waals surface area contributed by atoms with Gasteiger partial charge in [0.25, 0.3) is 0 Å². The highest BCUT2D eigenvalue weighted by atomic mass is 16.4. The third-order valence-electron chi connectivity index (χ3n) is 2.28. The summed E-state index contributed by atoms with van der Waals surface area (Å²) in [5, 5.41) is 8.48. The molecule has 17 heavy (non-hydrogen) atoms. The van der Waals surface area contributed by atoms with Gasteiger partial charge in [-0.25, -0.2) is 9.59 Å². The number of hydrogen-bond acceptors (Lipinski definition) is 4. The van der Waals surface area contributed by atoms with Gasteiger partial charge in [0, 0.05) is 12.1 Å². The lowest BCUT2D eigenvalue weighted by atomic mass is 10.1. The number of carbonyl (C=O) groups is 1. The molecule has 0 bridgehead atoms. The Labute approximate surface area is 95.4 Å². The highest BCUT2D eigenvalue weighted by molar-refractivity contribution is 5.80. The van der Waals surface area contributed by atoms with Crippen molar-refractivity contribution in [2.24, 2.45) is 5.73 Å². The smallest absolute Gasteiger partial charge is 0.417 e. The molecule has 0 aliphatic carbocycles. The van der Waals surface area contributed by atoms with Crippen molar-refractivity contribution >= 4 is 17.1 Å². The first-order valence-corrected chi connectivity index (χ1v) is 4.86. The van der Waals surface area contributed by atoms with E-state index in [0.717, 1.165) is 6.08 Å². The predicted molar refractivity (Wildman–Crippen MR) is 60.5 cm³/mol. The van der Waals surface area contributed by atoms with Crippen LogP contribution in [-0.4, -0.2) is 16.1 Å². The van der Waals surface area contributed by atoms with Crippen LogP contribution >= 0.6 is 0 Å². The largest absolute Gasteiger partial charge is 0.478 e. The van der Waals surface area contributed by atoms with Crippen molar-refractivity contribution in [3.05, 3.63) is 46.5 Å². The molecule has 2 rings (SSSR count). The van der Waals surface area contributed by atoms with E-state index >= 15 is 0 Å². The highest BCUT2D eigenvalue weighted by Gasteiger charge is 2.06. The van der Waals surface area contributed by atoms with Crippen LogP contribution in [0.1, 0.15) is 11.6 Å². The Morgan fingerprint density at radius 1 is 1.53 bits per heavy atom. The monoisotopic (exact) mass is 234 g/mol. The zero-order chi connectivity index (χ0) is 12.4. The SMILES string of the molecule is NC(/C=C/C(=O)O)c1ccc2[nH]c(=O)oc2c1. The molecule has 1 aromatic heterocycles. The first kappa shape index (κ1) is 11.2. The lowest BCUT2D eigenvalue weighted by Crippen LogP contribution is -2.07. The summed E-state index contributed by atoms with van der Waals surface area (Å²) in [5.41, 5.74) is 7.40. The van der Waals surface area contributed by atoms with E-state index in [1.165, 1.54) is 6.08 Å². The van der Waals surface area contributed by atoms with Gasteiger partial charge in [0.05, 0.1) is 5.52 Å². The molecule has 0 spiro atoms. The van der Waals surface area contributed by atoms with Crippen molar-refractivity contribution in [1.29, 1.82) is 0 Å². The molecular weight excluding hydrogens is 224 g/mol. The normalized spacial score (nSPS) is 13.2. The maximum atomic E-state index is 10.9. The van der Waals surface area contributed by atoms with Gasteiger partial charge in [-0.15, -0.1) is 0 Å². The van der Waals surface area contributed by atoms with Crippen molar-refractivity contribution in [1.82, 2.24) is 4.98 Å². The second kappa shape index (κ2) is 4.26. The molecule has 0 saturated heterocycles. The number of oxazole rings is 1. The maximum absolute atomic E-state index is 10.9. The third kappa shape index (κ3) is 2.43. The predicted octanol–water partition coefficient (Wildman–Crippen LogP) is 0.762. The van der Waals surface area contributed by atoms with Crippen molar-refractivity contribution in [2.45, 2.75) is 6.04 Å². The number of fused-ring (bicyclic) bond motifs is 1. The van der Waals surface area contributed by atoms with Gasteiger partial charge in [0.1, 0.15) is 0 Å². The van der Waals surface area contributed by atoms with E-state index in [1.54, 1.807) is 18.2 Å². The van der Waals surface area contributed by atoms with Crippen LogP contribution in [-0.2, 0) is 4.79 Å². The first-order valence-electron chi connectivity index (χ1n) is 4.86. The molecule has 0 aliphatic rings. The Morgan fingerprint density at radius 2 is 2.29 bits per heavy atom. The van der Waals surface area contributed by atoms with Gasteiger partial charge in [-0.3, -0.25) is 4.98 Å². The number of carboxylic acid groups (broad SMARTS) is 1. The number of H-pyrrole nitrogens is 1. The first-order chi connectivity index (χ1) is 8.06. The van der Waals surface area contributed by atoms with E-state index in [1.807, 2.05) is 0 Å². The molecule has 6 heteroatoms. The Hall–Kier alpha value is -2.34. The molecule has 1 aromatic carbocycles. The average Bonchev–Trinajstić information content (AvgIpc) is 2.64. The summed E-state index contributed by atoms with van der Waals surface area (Å²) in [6.45, 7) is 0. The van der Waals surface area contributed by atoms with Gasteiger partial charge in [-0.2, -0.15) is 0 Å². The van der Waals surface area contributed by atoms with Crippen LogP contribution in [0.25, 0.3) is 11.1 Å². The molecule has 1 heterocycles. The van der Waals surface area contributed by atoms with Gasteiger partial charge in [-0.05, 0) is 17.7 Å². The summed E-state index contributed by atoms with van der Waals surface area (Å²) < 4.78 is 4.88. The maximum Gasteiger partial charge on any atom is 0.417 e. The number of aromatic nitrogens is 1. The van der Waals surface area contributed by atoms with Gasteiger partial charge in [0.15, 0.2) is 5.58 Å². The van der Waals surface area contributed by atoms with Gasteiger partial charge in [0.2, 0.25) is 0 Å². The second-order valence-electron chi connectivity index (χ2n) is 3.49. The fourth-order valence-electron chi connectivity index (χ4n) is 1.47. The number of benzene rings is 1. The van der Waals surface area contributed by atoms with Gasteiger partial charge < -0.3 is 15.3 Å². The number of aliphatic carboxylic acids is 1. The minimum Gasteiger partial charge on any atom is -0.478 e. The summed E-state index contributed by atoms with van der Waals surface area (Å²) >= 11 is 0. The second-order valence-corrected chi connectivity index (χ2v) is 3.49. The van der Waals surface area contributed by atoms with Gasteiger partial charge in [-0.1, -0.05) is 12.1 Å². The fraction of sp³-hybridized carbons (Fsp3) is 0.0909. The van der Waals surface area contributed by atoms with Crippen LogP contribution in [0.15, 0.2) is 39.6 Å². The Kier molecular flexibility index (Phi) is 2.80. The van der Waals surface area contributed by atoms with E-state index in [0.29, 0.717) is 16.7 Å². The van der Waals surface area contributed by atoms with Crippen LogP contribution in [0.2, 0.25) is 0 Å². The summed E-state index contributed by atoms with van der Waals surface area (Å²) in [6, 6.07) is 4.40. The molecule has 1 atom stereocenters. The Balaban J connectivity index is 2.35. The molecule has 88 valence electrons. The lowest BCUT2D eigenvalue weighted by molar-refractivity contribution is -0.131. The molecule has 0 fully saturated rings. The molecule has 0 amide bonds. The minimum atomic E-state index is -1.06.